The Morgan fingerprint density at radius 1 is 1.56 bits per heavy atom. The monoisotopic (exact) mass is 262 g/mol. The van der Waals surface area contributed by atoms with E-state index in [9.17, 15) is 4.79 Å². The van der Waals surface area contributed by atoms with E-state index in [2.05, 4.69) is 4.98 Å². The normalized spacial score (nSPS) is 16.9. The molecule has 3 N–H and O–H groups in total. The Labute approximate surface area is 108 Å². The molecule has 1 saturated carbocycles. The molecule has 1 aromatic carbocycles. The highest BCUT2D eigenvalue weighted by atomic mass is 32.1. The fraction of sp³-hybridized carbons (Fsp3) is 0.385. The third kappa shape index (κ3) is 2.23. The number of rotatable bonds is 4. The first-order valence-corrected chi connectivity index (χ1v) is 6.83. The van der Waals surface area contributed by atoms with Crippen LogP contribution in [0.4, 0.5) is 0 Å². The molecule has 0 aliphatic heterocycles. The SMILES string of the molecule is NC(CC(=O)O)c1ccc2sc(C3CC3)nc2c1. The van der Waals surface area contributed by atoms with Gasteiger partial charge in [-0.1, -0.05) is 6.07 Å². The molecule has 0 radical (unpaired) electrons. The first kappa shape index (κ1) is 11.6. The smallest absolute Gasteiger partial charge is 0.305 e. The zero-order chi connectivity index (χ0) is 12.7. The summed E-state index contributed by atoms with van der Waals surface area (Å²) in [7, 11) is 0. The molecule has 1 heterocycles. The predicted octanol–water partition coefficient (Wildman–Crippen LogP) is 2.65. The van der Waals surface area contributed by atoms with Gasteiger partial charge < -0.3 is 10.8 Å². The summed E-state index contributed by atoms with van der Waals surface area (Å²) >= 11 is 1.73. The van der Waals surface area contributed by atoms with E-state index in [1.165, 1.54) is 17.8 Å². The number of nitrogens with zero attached hydrogens (tertiary/aromatic N) is 1. The van der Waals surface area contributed by atoms with Gasteiger partial charge in [-0.25, -0.2) is 4.98 Å². The van der Waals surface area contributed by atoms with E-state index in [1.54, 1.807) is 11.3 Å². The van der Waals surface area contributed by atoms with Crippen LogP contribution in [0.5, 0.6) is 0 Å². The average molecular weight is 262 g/mol. The molecule has 1 aliphatic rings. The summed E-state index contributed by atoms with van der Waals surface area (Å²) < 4.78 is 1.16. The number of carbonyl (C=O) groups is 1. The molecule has 3 rings (SSSR count). The van der Waals surface area contributed by atoms with Crippen molar-refractivity contribution in [2.45, 2.75) is 31.2 Å². The zero-order valence-electron chi connectivity index (χ0n) is 9.80. The molecule has 1 fully saturated rings. The van der Waals surface area contributed by atoms with Crippen LogP contribution in [0.2, 0.25) is 0 Å². The molecule has 4 nitrogen and oxygen atoms in total. The Bertz CT molecular complexity index is 604. The molecule has 1 aromatic heterocycles. The van der Waals surface area contributed by atoms with Crippen LogP contribution in [-0.4, -0.2) is 16.1 Å². The lowest BCUT2D eigenvalue weighted by Gasteiger charge is -2.08. The van der Waals surface area contributed by atoms with Crippen LogP contribution in [0.15, 0.2) is 18.2 Å². The topological polar surface area (TPSA) is 76.2 Å². The highest BCUT2D eigenvalue weighted by Crippen LogP contribution is 2.43. The summed E-state index contributed by atoms with van der Waals surface area (Å²) in [6, 6.07) is 5.37. The molecule has 94 valence electrons. The molecule has 1 atom stereocenters. The van der Waals surface area contributed by atoms with Gasteiger partial charge in [0.15, 0.2) is 0 Å². The summed E-state index contributed by atoms with van der Waals surface area (Å²) in [4.78, 5) is 15.3. The van der Waals surface area contributed by atoms with Gasteiger partial charge in [0.05, 0.1) is 21.6 Å². The van der Waals surface area contributed by atoms with E-state index in [0.29, 0.717) is 5.92 Å². The second kappa shape index (κ2) is 4.33. The Balaban J connectivity index is 1.92. The van der Waals surface area contributed by atoms with E-state index in [1.807, 2.05) is 18.2 Å². The number of aliphatic carboxylic acids is 1. The molecular formula is C13H14N2O2S. The molecule has 18 heavy (non-hydrogen) atoms. The number of hydrogen-bond acceptors (Lipinski definition) is 4. The molecule has 2 aromatic rings. The van der Waals surface area contributed by atoms with Crippen molar-refractivity contribution in [3.63, 3.8) is 0 Å². The molecule has 0 amide bonds. The Kier molecular flexibility index (Phi) is 2.80. The van der Waals surface area contributed by atoms with E-state index in [4.69, 9.17) is 10.8 Å². The van der Waals surface area contributed by atoms with Gasteiger partial charge in [-0.15, -0.1) is 11.3 Å². The van der Waals surface area contributed by atoms with Gasteiger partial charge in [0, 0.05) is 12.0 Å². The van der Waals surface area contributed by atoms with Crippen molar-refractivity contribution in [3.8, 4) is 0 Å². The van der Waals surface area contributed by atoms with Crippen LogP contribution in [0.3, 0.4) is 0 Å². The largest absolute Gasteiger partial charge is 0.481 e. The fourth-order valence-corrected chi connectivity index (χ4v) is 3.12. The molecular weight excluding hydrogens is 248 g/mol. The number of benzene rings is 1. The van der Waals surface area contributed by atoms with Crippen LogP contribution >= 0.6 is 11.3 Å². The quantitative estimate of drug-likeness (QED) is 0.888. The minimum Gasteiger partial charge on any atom is -0.481 e. The van der Waals surface area contributed by atoms with Gasteiger partial charge in [0.25, 0.3) is 0 Å². The van der Waals surface area contributed by atoms with Gasteiger partial charge in [-0.3, -0.25) is 4.79 Å². The maximum atomic E-state index is 10.7. The number of nitrogens with two attached hydrogens (primary N) is 1. The lowest BCUT2D eigenvalue weighted by Crippen LogP contribution is -2.14. The maximum absolute atomic E-state index is 10.7. The lowest BCUT2D eigenvalue weighted by molar-refractivity contribution is -0.137. The highest BCUT2D eigenvalue weighted by molar-refractivity contribution is 7.18. The van der Waals surface area contributed by atoms with Crippen molar-refractivity contribution in [2.24, 2.45) is 5.73 Å². The number of thiazole rings is 1. The van der Waals surface area contributed by atoms with E-state index >= 15 is 0 Å². The lowest BCUT2D eigenvalue weighted by atomic mass is 10.0. The molecule has 1 unspecified atom stereocenters. The van der Waals surface area contributed by atoms with Crippen LogP contribution < -0.4 is 5.73 Å². The van der Waals surface area contributed by atoms with E-state index in [-0.39, 0.29) is 6.42 Å². The molecule has 0 spiro atoms. The number of hydrogen-bond donors (Lipinski definition) is 2. The van der Waals surface area contributed by atoms with E-state index < -0.39 is 12.0 Å². The van der Waals surface area contributed by atoms with Crippen molar-refractivity contribution >= 4 is 27.5 Å². The minimum absolute atomic E-state index is 0.0505. The Morgan fingerprint density at radius 3 is 3.00 bits per heavy atom. The molecule has 1 aliphatic carbocycles. The highest BCUT2D eigenvalue weighted by Gasteiger charge is 2.27. The summed E-state index contributed by atoms with van der Waals surface area (Å²) in [6.45, 7) is 0. The van der Waals surface area contributed by atoms with Gasteiger partial charge in [0.1, 0.15) is 0 Å². The summed E-state index contributed by atoms with van der Waals surface area (Å²) in [5.74, 6) is -0.224. The third-order valence-electron chi connectivity index (χ3n) is 3.18. The van der Waals surface area contributed by atoms with Gasteiger partial charge in [-0.2, -0.15) is 0 Å². The number of carboxylic acid groups (broad SMARTS) is 1. The molecule has 0 saturated heterocycles. The Hall–Kier alpha value is -1.46. The van der Waals surface area contributed by atoms with Crippen molar-refractivity contribution < 1.29 is 9.90 Å². The first-order chi connectivity index (χ1) is 8.63. The van der Waals surface area contributed by atoms with Gasteiger partial charge >= 0.3 is 5.97 Å². The number of aromatic nitrogens is 1. The zero-order valence-corrected chi connectivity index (χ0v) is 10.6. The fourth-order valence-electron chi connectivity index (χ4n) is 2.00. The van der Waals surface area contributed by atoms with Crippen LogP contribution in [0, 0.1) is 0 Å². The second-order valence-corrected chi connectivity index (χ2v) is 5.82. The minimum atomic E-state index is -0.875. The first-order valence-electron chi connectivity index (χ1n) is 6.01. The van der Waals surface area contributed by atoms with Gasteiger partial charge in [-0.05, 0) is 30.5 Å². The van der Waals surface area contributed by atoms with Crippen molar-refractivity contribution in [1.29, 1.82) is 0 Å². The standard InChI is InChI=1S/C13H14N2O2S/c14-9(6-12(16)17)8-3-4-11-10(5-8)15-13(18-11)7-1-2-7/h3-5,7,9H,1-2,6,14H2,(H,16,17). The van der Waals surface area contributed by atoms with Crippen molar-refractivity contribution in [1.82, 2.24) is 4.98 Å². The average Bonchev–Trinajstić information content (AvgIpc) is 3.07. The van der Waals surface area contributed by atoms with Gasteiger partial charge in [0.2, 0.25) is 0 Å². The van der Waals surface area contributed by atoms with Crippen LogP contribution in [0.1, 0.15) is 41.8 Å². The summed E-state index contributed by atoms with van der Waals surface area (Å²) in [6.07, 6.45) is 2.43. The number of fused-ring (bicyclic) bond motifs is 1. The van der Waals surface area contributed by atoms with Crippen molar-refractivity contribution in [3.05, 3.63) is 28.8 Å². The second-order valence-electron chi connectivity index (χ2n) is 4.76. The maximum Gasteiger partial charge on any atom is 0.305 e. The summed E-state index contributed by atoms with van der Waals surface area (Å²) in [5, 5.41) is 9.95. The van der Waals surface area contributed by atoms with Crippen molar-refractivity contribution in [2.75, 3.05) is 0 Å². The Morgan fingerprint density at radius 2 is 2.33 bits per heavy atom. The third-order valence-corrected chi connectivity index (χ3v) is 4.38. The molecule has 5 heteroatoms. The number of carboxylic acids is 1. The van der Waals surface area contributed by atoms with Crippen LogP contribution in [-0.2, 0) is 4.79 Å². The molecule has 0 bridgehead atoms. The summed E-state index contributed by atoms with van der Waals surface area (Å²) in [5.41, 5.74) is 7.65. The van der Waals surface area contributed by atoms with E-state index in [0.717, 1.165) is 15.8 Å². The predicted molar refractivity (Wildman–Crippen MR) is 70.8 cm³/mol. The van der Waals surface area contributed by atoms with Crippen LogP contribution in [0.25, 0.3) is 10.2 Å².